The first-order valence-corrected chi connectivity index (χ1v) is 4.68. The van der Waals surface area contributed by atoms with E-state index in [9.17, 15) is 0 Å². The summed E-state index contributed by atoms with van der Waals surface area (Å²) in [6, 6.07) is 3.85. The van der Waals surface area contributed by atoms with E-state index in [4.69, 9.17) is 4.84 Å². The number of pyridine rings is 1. The van der Waals surface area contributed by atoms with Crippen molar-refractivity contribution >= 4 is 21.7 Å². The van der Waals surface area contributed by atoms with E-state index >= 15 is 0 Å². The van der Waals surface area contributed by atoms with Crippen LogP contribution in [0.1, 0.15) is 6.42 Å². The summed E-state index contributed by atoms with van der Waals surface area (Å²) < 4.78 is 0.979. The zero-order valence-electron chi connectivity index (χ0n) is 6.53. The van der Waals surface area contributed by atoms with Crippen molar-refractivity contribution in [2.24, 2.45) is 0 Å². The van der Waals surface area contributed by atoms with Gasteiger partial charge in [0.05, 0.1) is 11.1 Å². The highest BCUT2D eigenvalue weighted by atomic mass is 79.9. The van der Waals surface area contributed by atoms with Crippen molar-refractivity contribution in [1.29, 1.82) is 0 Å². The molecule has 0 unspecified atom stereocenters. The molecule has 12 heavy (non-hydrogen) atoms. The zero-order chi connectivity index (χ0) is 8.39. The highest BCUT2D eigenvalue weighted by Gasteiger charge is 2.16. The maximum atomic E-state index is 5.36. The number of anilines is 1. The summed E-state index contributed by atoms with van der Waals surface area (Å²) in [6.45, 7) is 1.72. The van der Waals surface area contributed by atoms with Gasteiger partial charge in [-0.15, -0.1) is 0 Å². The van der Waals surface area contributed by atoms with Crippen molar-refractivity contribution in [2.75, 3.05) is 18.2 Å². The SMILES string of the molecule is Brc1cccnc1N1CCCO1. The molecular weight excluding hydrogens is 220 g/mol. The molecule has 1 aliphatic heterocycles. The van der Waals surface area contributed by atoms with Crippen LogP contribution in [0, 0.1) is 0 Å². The minimum atomic E-state index is 0.795. The highest BCUT2D eigenvalue weighted by Crippen LogP contribution is 2.25. The van der Waals surface area contributed by atoms with E-state index < -0.39 is 0 Å². The minimum absolute atomic E-state index is 0.795. The topological polar surface area (TPSA) is 25.4 Å². The zero-order valence-corrected chi connectivity index (χ0v) is 8.12. The molecule has 1 aliphatic rings. The van der Waals surface area contributed by atoms with Crippen LogP contribution >= 0.6 is 15.9 Å². The third-order valence-electron chi connectivity index (χ3n) is 1.73. The van der Waals surface area contributed by atoms with Gasteiger partial charge in [0.1, 0.15) is 0 Å². The molecule has 0 amide bonds. The summed E-state index contributed by atoms with van der Waals surface area (Å²) in [4.78, 5) is 9.57. The van der Waals surface area contributed by atoms with Crippen LogP contribution < -0.4 is 5.06 Å². The maximum Gasteiger partial charge on any atom is 0.166 e. The second-order valence-corrected chi connectivity index (χ2v) is 3.45. The van der Waals surface area contributed by atoms with E-state index in [1.807, 2.05) is 17.2 Å². The molecule has 1 fully saturated rings. The fourth-order valence-corrected chi connectivity index (χ4v) is 1.63. The number of hydroxylamine groups is 1. The molecule has 1 aromatic heterocycles. The molecule has 0 bridgehead atoms. The van der Waals surface area contributed by atoms with Crippen LogP contribution in [-0.2, 0) is 4.84 Å². The Morgan fingerprint density at radius 1 is 1.58 bits per heavy atom. The number of nitrogens with zero attached hydrogens (tertiary/aromatic N) is 2. The van der Waals surface area contributed by atoms with Gasteiger partial charge in [0.2, 0.25) is 0 Å². The average Bonchev–Trinajstić information content (AvgIpc) is 2.57. The molecule has 64 valence electrons. The van der Waals surface area contributed by atoms with Crippen LogP contribution in [0.2, 0.25) is 0 Å². The van der Waals surface area contributed by atoms with Gasteiger partial charge < -0.3 is 0 Å². The number of hydrogen-bond donors (Lipinski definition) is 0. The smallest absolute Gasteiger partial charge is 0.166 e. The minimum Gasteiger partial charge on any atom is -0.272 e. The Balaban J connectivity index is 2.26. The van der Waals surface area contributed by atoms with E-state index in [0.29, 0.717) is 0 Å². The van der Waals surface area contributed by atoms with Gasteiger partial charge in [0.15, 0.2) is 5.82 Å². The molecule has 1 saturated heterocycles. The summed E-state index contributed by atoms with van der Waals surface area (Å²) in [5.74, 6) is 0.870. The third kappa shape index (κ3) is 1.44. The van der Waals surface area contributed by atoms with Gasteiger partial charge in [-0.05, 0) is 34.5 Å². The lowest BCUT2D eigenvalue weighted by Gasteiger charge is -2.15. The second-order valence-electron chi connectivity index (χ2n) is 2.60. The molecule has 0 aromatic carbocycles. The standard InChI is InChI=1S/C8H9BrN2O/c9-7-3-1-4-10-8(7)11-5-2-6-12-11/h1,3-4H,2,5-6H2. The molecule has 0 radical (unpaired) electrons. The number of aromatic nitrogens is 1. The Bertz CT molecular complexity index is 274. The predicted octanol–water partition coefficient (Wildman–Crippen LogP) is 1.99. The van der Waals surface area contributed by atoms with E-state index in [0.717, 1.165) is 29.9 Å². The van der Waals surface area contributed by atoms with Crippen molar-refractivity contribution in [2.45, 2.75) is 6.42 Å². The molecule has 4 heteroatoms. The van der Waals surface area contributed by atoms with Crippen LogP contribution in [0.15, 0.2) is 22.8 Å². The van der Waals surface area contributed by atoms with Gasteiger partial charge in [-0.25, -0.2) is 10.0 Å². The Morgan fingerprint density at radius 3 is 3.17 bits per heavy atom. The lowest BCUT2D eigenvalue weighted by atomic mass is 10.4. The Hall–Kier alpha value is -0.610. The third-order valence-corrected chi connectivity index (χ3v) is 2.35. The Morgan fingerprint density at radius 2 is 2.50 bits per heavy atom. The molecule has 0 spiro atoms. The lowest BCUT2D eigenvalue weighted by Crippen LogP contribution is -2.17. The van der Waals surface area contributed by atoms with E-state index in [-0.39, 0.29) is 0 Å². The first-order chi connectivity index (χ1) is 5.88. The predicted molar refractivity (Wildman–Crippen MR) is 49.9 cm³/mol. The van der Waals surface area contributed by atoms with Gasteiger partial charge in [-0.2, -0.15) is 0 Å². The van der Waals surface area contributed by atoms with Gasteiger partial charge in [0.25, 0.3) is 0 Å². The van der Waals surface area contributed by atoms with Crippen LogP contribution in [0.4, 0.5) is 5.82 Å². The molecule has 0 aliphatic carbocycles. The van der Waals surface area contributed by atoms with Gasteiger partial charge in [-0.1, -0.05) is 0 Å². The average molecular weight is 229 g/mol. The van der Waals surface area contributed by atoms with Crippen LogP contribution in [0.3, 0.4) is 0 Å². The molecule has 2 rings (SSSR count). The molecule has 0 atom stereocenters. The molecule has 3 nitrogen and oxygen atoms in total. The van der Waals surface area contributed by atoms with Crippen molar-refractivity contribution < 1.29 is 4.84 Å². The highest BCUT2D eigenvalue weighted by molar-refractivity contribution is 9.10. The lowest BCUT2D eigenvalue weighted by molar-refractivity contribution is 0.166. The van der Waals surface area contributed by atoms with E-state index in [1.54, 1.807) is 6.20 Å². The number of rotatable bonds is 1. The summed E-state index contributed by atoms with van der Waals surface area (Å²) in [5, 5.41) is 1.82. The molecule has 0 saturated carbocycles. The summed E-state index contributed by atoms with van der Waals surface area (Å²) in [5.41, 5.74) is 0. The summed E-state index contributed by atoms with van der Waals surface area (Å²) in [6.07, 6.45) is 2.84. The van der Waals surface area contributed by atoms with Crippen LogP contribution in [0.25, 0.3) is 0 Å². The summed E-state index contributed by atoms with van der Waals surface area (Å²) >= 11 is 3.42. The quantitative estimate of drug-likeness (QED) is 0.736. The van der Waals surface area contributed by atoms with Gasteiger partial charge >= 0.3 is 0 Å². The molecular formula is C8H9BrN2O. The van der Waals surface area contributed by atoms with Gasteiger partial charge in [0, 0.05) is 12.7 Å². The number of hydrogen-bond acceptors (Lipinski definition) is 3. The second kappa shape index (κ2) is 3.41. The Labute approximate surface area is 79.4 Å². The fourth-order valence-electron chi connectivity index (χ4n) is 1.18. The van der Waals surface area contributed by atoms with Crippen LogP contribution in [-0.4, -0.2) is 18.1 Å². The van der Waals surface area contributed by atoms with Crippen molar-refractivity contribution in [1.82, 2.24) is 4.98 Å². The fraction of sp³-hybridized carbons (Fsp3) is 0.375. The Kier molecular flexibility index (Phi) is 2.28. The van der Waals surface area contributed by atoms with Crippen molar-refractivity contribution in [3.63, 3.8) is 0 Å². The molecule has 1 aromatic rings. The van der Waals surface area contributed by atoms with Crippen molar-refractivity contribution in [3.8, 4) is 0 Å². The maximum absolute atomic E-state index is 5.36. The van der Waals surface area contributed by atoms with E-state index in [2.05, 4.69) is 20.9 Å². The summed E-state index contributed by atoms with van der Waals surface area (Å²) in [7, 11) is 0. The van der Waals surface area contributed by atoms with Crippen molar-refractivity contribution in [3.05, 3.63) is 22.8 Å². The molecule has 2 heterocycles. The molecule has 0 N–H and O–H groups in total. The largest absolute Gasteiger partial charge is 0.272 e. The first-order valence-electron chi connectivity index (χ1n) is 3.89. The number of halogens is 1. The normalized spacial score (nSPS) is 16.9. The van der Waals surface area contributed by atoms with E-state index in [1.165, 1.54) is 0 Å². The van der Waals surface area contributed by atoms with Gasteiger partial charge in [-0.3, -0.25) is 4.84 Å². The monoisotopic (exact) mass is 228 g/mol. The first kappa shape index (κ1) is 8.01. The van der Waals surface area contributed by atoms with Crippen LogP contribution in [0.5, 0.6) is 0 Å².